The first-order valence-corrected chi connectivity index (χ1v) is 18.1. The zero-order valence-electron chi connectivity index (χ0n) is 29.0. The third-order valence-electron chi connectivity index (χ3n) is 11.6. The van der Waals surface area contributed by atoms with Crippen molar-refractivity contribution >= 4 is 39.5 Å². The highest BCUT2D eigenvalue weighted by Crippen LogP contribution is 2.54. The lowest BCUT2D eigenvalue weighted by molar-refractivity contribution is 0.477. The average Bonchev–Trinajstić information content (AvgIpc) is 3.52. The van der Waals surface area contributed by atoms with Gasteiger partial charge in [0.1, 0.15) is 5.82 Å². The largest absolute Gasteiger partial charge is 0.453 e. The third kappa shape index (κ3) is 4.12. The van der Waals surface area contributed by atoms with Gasteiger partial charge < -0.3 is 14.5 Å². The lowest BCUT2D eigenvalue weighted by Gasteiger charge is -2.36. The van der Waals surface area contributed by atoms with Crippen LogP contribution in [0.4, 0.5) is 28.6 Å². The number of fused-ring (bicyclic) bond motifs is 7. The highest BCUT2D eigenvalue weighted by Gasteiger charge is 2.40. The average molecular weight is 670 g/mol. The molecule has 2 unspecified atom stereocenters. The van der Waals surface area contributed by atoms with Gasteiger partial charge in [-0.15, -0.1) is 0 Å². The number of ether oxygens (including phenoxy) is 1. The standard InChI is InChI=1S/C48H35N3O/c1-48(2)37-17-8-6-15-33(37)36-29-46(49-39-19-12-18-38(48)47(36)39)51-40-20-9-7-16-34(40)35-27-30(23-25-41(35)51)31-24-26-43-45(28-31)52-44-22-11-10-21-42(44)50(43)32-13-4-3-5-14-32/h3-29,34,40H,1-2H3. The zero-order valence-corrected chi connectivity index (χ0v) is 29.0. The molecule has 4 nitrogen and oxygen atoms in total. The third-order valence-corrected chi connectivity index (χ3v) is 11.6. The molecule has 0 saturated heterocycles. The van der Waals surface area contributed by atoms with Crippen molar-refractivity contribution in [3.05, 3.63) is 181 Å². The summed E-state index contributed by atoms with van der Waals surface area (Å²) in [5.74, 6) is 2.89. The Bertz CT molecular complexity index is 2670. The number of allylic oxidation sites excluding steroid dienone is 2. The number of hydrogen-bond donors (Lipinski definition) is 0. The maximum atomic E-state index is 6.57. The number of nitrogens with zero attached hydrogens (tertiary/aromatic N) is 3. The fourth-order valence-electron chi connectivity index (χ4n) is 9.12. The Morgan fingerprint density at radius 2 is 1.33 bits per heavy atom. The van der Waals surface area contributed by atoms with Crippen molar-refractivity contribution in [2.45, 2.75) is 31.2 Å². The molecular formula is C48H35N3O. The number of pyridine rings is 1. The molecule has 1 aromatic heterocycles. The number of aromatic nitrogens is 1. The molecule has 0 N–H and O–H groups in total. The van der Waals surface area contributed by atoms with Crippen molar-refractivity contribution in [3.8, 4) is 33.8 Å². The number of hydrogen-bond acceptors (Lipinski definition) is 4. The van der Waals surface area contributed by atoms with Gasteiger partial charge in [0.25, 0.3) is 0 Å². The zero-order chi connectivity index (χ0) is 34.6. The molecular weight excluding hydrogens is 635 g/mol. The highest BCUT2D eigenvalue weighted by molar-refractivity contribution is 6.03. The van der Waals surface area contributed by atoms with Crippen LogP contribution in [-0.4, -0.2) is 11.0 Å². The molecule has 0 bridgehead atoms. The van der Waals surface area contributed by atoms with E-state index >= 15 is 0 Å². The molecule has 0 amide bonds. The first kappa shape index (κ1) is 29.4. The minimum atomic E-state index is -0.101. The molecule has 2 atom stereocenters. The van der Waals surface area contributed by atoms with Gasteiger partial charge in [-0.05, 0) is 99.6 Å². The first-order chi connectivity index (χ1) is 25.5. The second-order valence-electron chi connectivity index (χ2n) is 14.8. The maximum Gasteiger partial charge on any atom is 0.152 e. The van der Waals surface area contributed by atoms with Crippen molar-refractivity contribution < 1.29 is 4.74 Å². The SMILES string of the molecule is CC1(C)c2ccccc2-c2cc(N3c4ccc(-c5ccc6c(c5)Oc5ccccc5N6c5ccccc5)cc4C4C=CC=CC43)nc3cccc1c23. The fraction of sp³-hybridized carbons (Fsp3) is 0.104. The van der Waals surface area contributed by atoms with E-state index in [1.807, 2.05) is 12.1 Å². The summed E-state index contributed by atoms with van der Waals surface area (Å²) in [6, 6.07) is 50.3. The molecule has 248 valence electrons. The Balaban J connectivity index is 1.03. The Morgan fingerprint density at radius 1 is 0.596 bits per heavy atom. The molecule has 11 rings (SSSR count). The molecule has 7 aromatic rings. The molecule has 3 heterocycles. The Hall–Kier alpha value is -6.39. The van der Waals surface area contributed by atoms with Crippen LogP contribution in [0.1, 0.15) is 36.5 Å². The van der Waals surface area contributed by atoms with E-state index in [4.69, 9.17) is 9.72 Å². The van der Waals surface area contributed by atoms with Crippen molar-refractivity contribution in [1.29, 1.82) is 0 Å². The lowest BCUT2D eigenvalue weighted by Crippen LogP contribution is -2.29. The van der Waals surface area contributed by atoms with Gasteiger partial charge in [0.2, 0.25) is 0 Å². The Morgan fingerprint density at radius 3 is 2.23 bits per heavy atom. The molecule has 0 spiro atoms. The molecule has 6 aromatic carbocycles. The summed E-state index contributed by atoms with van der Waals surface area (Å²) in [6.07, 6.45) is 9.04. The van der Waals surface area contributed by atoms with E-state index in [0.29, 0.717) is 0 Å². The van der Waals surface area contributed by atoms with Gasteiger partial charge in [-0.25, -0.2) is 4.98 Å². The second kappa shape index (κ2) is 10.8. The van der Waals surface area contributed by atoms with Gasteiger partial charge in [0, 0.05) is 28.1 Å². The van der Waals surface area contributed by atoms with Crippen LogP contribution < -0.4 is 14.5 Å². The summed E-state index contributed by atoms with van der Waals surface area (Å²) >= 11 is 0. The number of benzene rings is 6. The monoisotopic (exact) mass is 669 g/mol. The second-order valence-corrected chi connectivity index (χ2v) is 14.8. The van der Waals surface area contributed by atoms with E-state index in [1.165, 1.54) is 44.5 Å². The van der Waals surface area contributed by atoms with Crippen molar-refractivity contribution in [2.24, 2.45) is 0 Å². The van der Waals surface area contributed by atoms with Gasteiger partial charge in [0.05, 0.1) is 22.9 Å². The Kier molecular flexibility index (Phi) is 6.10. The summed E-state index contributed by atoms with van der Waals surface area (Å²) in [5.41, 5.74) is 14.2. The quantitative estimate of drug-likeness (QED) is 0.187. The van der Waals surface area contributed by atoms with E-state index < -0.39 is 0 Å². The highest BCUT2D eigenvalue weighted by atomic mass is 16.5. The fourth-order valence-corrected chi connectivity index (χ4v) is 9.12. The summed E-state index contributed by atoms with van der Waals surface area (Å²) in [7, 11) is 0. The summed E-state index contributed by atoms with van der Waals surface area (Å²) in [4.78, 5) is 10.2. The number of para-hydroxylation sites is 3. The van der Waals surface area contributed by atoms with Crippen LogP contribution in [0.25, 0.3) is 33.2 Å². The molecule has 0 saturated carbocycles. The summed E-state index contributed by atoms with van der Waals surface area (Å²) < 4.78 is 6.57. The lowest BCUT2D eigenvalue weighted by atomic mass is 9.69. The van der Waals surface area contributed by atoms with E-state index in [2.05, 4.69) is 175 Å². The van der Waals surface area contributed by atoms with Crippen molar-refractivity contribution in [1.82, 2.24) is 4.98 Å². The molecule has 4 heteroatoms. The first-order valence-electron chi connectivity index (χ1n) is 18.1. The van der Waals surface area contributed by atoms with Gasteiger partial charge in [-0.3, -0.25) is 0 Å². The van der Waals surface area contributed by atoms with Gasteiger partial charge >= 0.3 is 0 Å². The van der Waals surface area contributed by atoms with Gasteiger partial charge in [0.15, 0.2) is 11.5 Å². The van der Waals surface area contributed by atoms with Crippen LogP contribution >= 0.6 is 0 Å². The van der Waals surface area contributed by atoms with Crippen LogP contribution in [0.2, 0.25) is 0 Å². The number of rotatable bonds is 3. The molecule has 0 fully saturated rings. The van der Waals surface area contributed by atoms with Crippen LogP contribution in [0.3, 0.4) is 0 Å². The molecule has 4 aliphatic rings. The predicted molar refractivity (Wildman–Crippen MR) is 213 cm³/mol. The Labute approximate surface area is 303 Å². The normalized spacial score (nSPS) is 18.3. The van der Waals surface area contributed by atoms with E-state index in [9.17, 15) is 0 Å². The van der Waals surface area contributed by atoms with Gasteiger partial charge in [-0.2, -0.15) is 0 Å². The minimum absolute atomic E-state index is 0.101. The van der Waals surface area contributed by atoms with Crippen molar-refractivity contribution in [2.75, 3.05) is 9.80 Å². The predicted octanol–water partition coefficient (Wildman–Crippen LogP) is 12.5. The molecule has 2 aliphatic heterocycles. The van der Waals surface area contributed by atoms with Gasteiger partial charge in [-0.1, -0.05) is 117 Å². The van der Waals surface area contributed by atoms with E-state index in [1.54, 1.807) is 0 Å². The maximum absolute atomic E-state index is 6.57. The molecule has 52 heavy (non-hydrogen) atoms. The van der Waals surface area contributed by atoms with E-state index in [-0.39, 0.29) is 17.4 Å². The summed E-state index contributed by atoms with van der Waals surface area (Å²) in [5, 5.41) is 1.27. The van der Waals surface area contributed by atoms with Crippen LogP contribution in [0.5, 0.6) is 11.5 Å². The molecule has 0 radical (unpaired) electrons. The van der Waals surface area contributed by atoms with E-state index in [0.717, 1.165) is 45.5 Å². The minimum Gasteiger partial charge on any atom is -0.453 e. The number of anilines is 5. The van der Waals surface area contributed by atoms with Crippen LogP contribution in [0, 0.1) is 0 Å². The molecule has 2 aliphatic carbocycles. The summed E-state index contributed by atoms with van der Waals surface area (Å²) in [6.45, 7) is 4.67. The van der Waals surface area contributed by atoms with Crippen LogP contribution in [0.15, 0.2) is 164 Å². The topological polar surface area (TPSA) is 28.6 Å². The van der Waals surface area contributed by atoms with Crippen molar-refractivity contribution in [3.63, 3.8) is 0 Å². The van der Waals surface area contributed by atoms with Crippen LogP contribution in [-0.2, 0) is 5.41 Å². The smallest absolute Gasteiger partial charge is 0.152 e.